The molecule has 0 amide bonds. The summed E-state index contributed by atoms with van der Waals surface area (Å²) in [6, 6.07) is 13.7. The van der Waals surface area contributed by atoms with Crippen LogP contribution in [0.2, 0.25) is 5.02 Å². The number of nitrogens with zero attached hydrogens (tertiary/aromatic N) is 1. The fourth-order valence-corrected chi connectivity index (χ4v) is 2.03. The maximum atomic E-state index is 6.13. The van der Waals surface area contributed by atoms with Crippen molar-refractivity contribution < 1.29 is 4.52 Å². The molecular weight excluding hydrogens is 234 g/mol. The predicted molar refractivity (Wildman–Crippen MR) is 69.2 cm³/mol. The molecule has 0 radical (unpaired) electrons. The van der Waals surface area contributed by atoms with E-state index in [0.717, 1.165) is 32.8 Å². The summed E-state index contributed by atoms with van der Waals surface area (Å²) in [4.78, 5) is 0. The highest BCUT2D eigenvalue weighted by atomic mass is 35.5. The zero-order chi connectivity index (χ0) is 11.8. The van der Waals surface area contributed by atoms with E-state index in [1.54, 1.807) is 0 Å². The largest absolute Gasteiger partial charge is 0.355 e. The minimum atomic E-state index is 0.734. The van der Waals surface area contributed by atoms with E-state index in [1.165, 1.54) is 0 Å². The van der Waals surface area contributed by atoms with Gasteiger partial charge >= 0.3 is 0 Å². The number of hydrogen-bond acceptors (Lipinski definition) is 2. The van der Waals surface area contributed by atoms with E-state index in [0.29, 0.717) is 0 Å². The number of aryl methyl sites for hydroxylation is 1. The Morgan fingerprint density at radius 3 is 2.65 bits per heavy atom. The van der Waals surface area contributed by atoms with Gasteiger partial charge in [0.25, 0.3) is 0 Å². The van der Waals surface area contributed by atoms with Gasteiger partial charge < -0.3 is 4.52 Å². The lowest BCUT2D eigenvalue weighted by Gasteiger charge is -1.98. The molecule has 3 rings (SSSR count). The normalized spacial score (nSPS) is 10.9. The third kappa shape index (κ3) is 1.71. The first kappa shape index (κ1) is 10.4. The minimum Gasteiger partial charge on any atom is -0.355 e. The number of hydrogen-bond donors (Lipinski definition) is 0. The first-order valence-electron chi connectivity index (χ1n) is 5.36. The molecule has 0 spiro atoms. The van der Waals surface area contributed by atoms with Gasteiger partial charge in [0.2, 0.25) is 0 Å². The van der Waals surface area contributed by atoms with E-state index in [9.17, 15) is 0 Å². The van der Waals surface area contributed by atoms with Gasteiger partial charge in [-0.2, -0.15) is 0 Å². The van der Waals surface area contributed by atoms with Crippen LogP contribution >= 0.6 is 11.6 Å². The number of halogens is 1. The van der Waals surface area contributed by atoms with E-state index in [2.05, 4.69) is 5.16 Å². The molecule has 0 aliphatic heterocycles. The summed E-state index contributed by atoms with van der Waals surface area (Å²) in [6.45, 7) is 1.96. The van der Waals surface area contributed by atoms with E-state index < -0.39 is 0 Å². The monoisotopic (exact) mass is 243 g/mol. The van der Waals surface area contributed by atoms with Crippen molar-refractivity contribution in [2.24, 2.45) is 0 Å². The molecule has 0 saturated carbocycles. The highest BCUT2D eigenvalue weighted by molar-refractivity contribution is 6.32. The van der Waals surface area contributed by atoms with Crippen LogP contribution in [0.3, 0.4) is 0 Å². The summed E-state index contributed by atoms with van der Waals surface area (Å²) in [6.07, 6.45) is 0. The molecule has 0 aliphatic rings. The van der Waals surface area contributed by atoms with Gasteiger partial charge in [-0.1, -0.05) is 47.1 Å². The second-order valence-corrected chi connectivity index (χ2v) is 4.40. The highest BCUT2D eigenvalue weighted by Gasteiger charge is 2.11. The SMILES string of the molecule is Cc1cc2noc(-c3ccccc3)c2cc1Cl. The van der Waals surface area contributed by atoms with Crippen LogP contribution in [-0.4, -0.2) is 5.16 Å². The molecule has 17 heavy (non-hydrogen) atoms. The summed E-state index contributed by atoms with van der Waals surface area (Å²) in [7, 11) is 0. The fraction of sp³-hybridized carbons (Fsp3) is 0.0714. The number of fused-ring (bicyclic) bond motifs is 1. The average molecular weight is 244 g/mol. The molecule has 0 aliphatic carbocycles. The van der Waals surface area contributed by atoms with E-state index in [1.807, 2.05) is 49.4 Å². The van der Waals surface area contributed by atoms with E-state index in [-0.39, 0.29) is 0 Å². The first-order chi connectivity index (χ1) is 8.25. The highest BCUT2D eigenvalue weighted by Crippen LogP contribution is 2.31. The van der Waals surface area contributed by atoms with Crippen molar-refractivity contribution in [3.63, 3.8) is 0 Å². The Balaban J connectivity index is 2.29. The molecule has 0 bridgehead atoms. The van der Waals surface area contributed by atoms with Crippen LogP contribution < -0.4 is 0 Å². The molecule has 3 aromatic rings. The molecule has 2 nitrogen and oxygen atoms in total. The van der Waals surface area contributed by atoms with E-state index in [4.69, 9.17) is 16.1 Å². The third-order valence-electron chi connectivity index (χ3n) is 2.79. The second-order valence-electron chi connectivity index (χ2n) is 4.00. The molecule has 0 N–H and O–H groups in total. The Morgan fingerprint density at radius 1 is 1.12 bits per heavy atom. The van der Waals surface area contributed by atoms with Crippen LogP contribution in [-0.2, 0) is 0 Å². The Labute approximate surface area is 104 Å². The molecule has 0 unspecified atom stereocenters. The summed E-state index contributed by atoms with van der Waals surface area (Å²) in [5.41, 5.74) is 2.85. The summed E-state index contributed by atoms with van der Waals surface area (Å²) in [5, 5.41) is 5.75. The van der Waals surface area contributed by atoms with Crippen molar-refractivity contribution in [2.45, 2.75) is 6.92 Å². The lowest BCUT2D eigenvalue weighted by Crippen LogP contribution is -1.77. The van der Waals surface area contributed by atoms with Gasteiger partial charge in [0.15, 0.2) is 5.76 Å². The van der Waals surface area contributed by atoms with Crippen LogP contribution in [0.5, 0.6) is 0 Å². The van der Waals surface area contributed by atoms with Gasteiger partial charge in [-0.05, 0) is 24.6 Å². The molecule has 3 heteroatoms. The van der Waals surface area contributed by atoms with Crippen LogP contribution in [0.15, 0.2) is 47.0 Å². The maximum Gasteiger partial charge on any atom is 0.174 e. The van der Waals surface area contributed by atoms with Crippen molar-refractivity contribution in [2.75, 3.05) is 0 Å². The smallest absolute Gasteiger partial charge is 0.174 e. The van der Waals surface area contributed by atoms with Gasteiger partial charge in [0.1, 0.15) is 5.52 Å². The van der Waals surface area contributed by atoms with Crippen molar-refractivity contribution >= 4 is 22.5 Å². The summed E-state index contributed by atoms with van der Waals surface area (Å²) < 4.78 is 5.40. The van der Waals surface area contributed by atoms with E-state index >= 15 is 0 Å². The molecule has 0 saturated heterocycles. The standard InChI is InChI=1S/C14H10ClNO/c1-9-7-13-11(8-12(9)15)14(17-16-13)10-5-3-2-4-6-10/h2-8H,1H3. The zero-order valence-corrected chi connectivity index (χ0v) is 10.0. The molecule has 1 aromatic heterocycles. The zero-order valence-electron chi connectivity index (χ0n) is 9.27. The summed E-state index contributed by atoms with van der Waals surface area (Å²) >= 11 is 6.13. The molecule has 1 heterocycles. The van der Waals surface area contributed by atoms with Crippen molar-refractivity contribution in [3.05, 3.63) is 53.1 Å². The number of aromatic nitrogens is 1. The van der Waals surface area contributed by atoms with Gasteiger partial charge in [-0.15, -0.1) is 0 Å². The minimum absolute atomic E-state index is 0.734. The van der Waals surface area contributed by atoms with Crippen molar-refractivity contribution in [1.29, 1.82) is 0 Å². The lowest BCUT2D eigenvalue weighted by molar-refractivity contribution is 0.441. The Morgan fingerprint density at radius 2 is 1.88 bits per heavy atom. The summed E-state index contributed by atoms with van der Waals surface area (Å²) in [5.74, 6) is 0.766. The fourth-order valence-electron chi connectivity index (χ4n) is 1.87. The molecule has 84 valence electrons. The maximum absolute atomic E-state index is 6.13. The van der Waals surface area contributed by atoms with Crippen LogP contribution in [0.25, 0.3) is 22.2 Å². The van der Waals surface area contributed by atoms with Gasteiger partial charge in [-0.25, -0.2) is 0 Å². The van der Waals surface area contributed by atoms with Crippen LogP contribution in [0, 0.1) is 6.92 Å². The van der Waals surface area contributed by atoms with Crippen molar-refractivity contribution in [1.82, 2.24) is 5.16 Å². The first-order valence-corrected chi connectivity index (χ1v) is 5.74. The molecule has 0 fully saturated rings. The van der Waals surface area contributed by atoms with Crippen LogP contribution in [0.1, 0.15) is 5.56 Å². The van der Waals surface area contributed by atoms with Crippen LogP contribution in [0.4, 0.5) is 0 Å². The molecular formula is C14H10ClNO. The molecule has 2 aromatic carbocycles. The molecule has 0 atom stereocenters. The Kier molecular flexibility index (Phi) is 2.37. The Bertz CT molecular complexity index is 673. The predicted octanol–water partition coefficient (Wildman–Crippen LogP) is 4.46. The van der Waals surface area contributed by atoms with Gasteiger partial charge in [0, 0.05) is 10.6 Å². The second kappa shape index (κ2) is 3.90. The van der Waals surface area contributed by atoms with Crippen molar-refractivity contribution in [3.8, 4) is 11.3 Å². The average Bonchev–Trinajstić information content (AvgIpc) is 2.74. The number of rotatable bonds is 1. The lowest BCUT2D eigenvalue weighted by atomic mass is 10.1. The topological polar surface area (TPSA) is 26.0 Å². The Hall–Kier alpha value is -1.80. The number of benzene rings is 2. The third-order valence-corrected chi connectivity index (χ3v) is 3.20. The quantitative estimate of drug-likeness (QED) is 0.631. The van der Waals surface area contributed by atoms with Gasteiger partial charge in [-0.3, -0.25) is 0 Å². The van der Waals surface area contributed by atoms with Gasteiger partial charge in [0.05, 0.1) is 5.39 Å².